The maximum atomic E-state index is 14.6. The highest BCUT2D eigenvalue weighted by Gasteiger charge is 2.26. The zero-order valence-corrected chi connectivity index (χ0v) is 17.6. The van der Waals surface area contributed by atoms with Crippen molar-refractivity contribution in [2.24, 2.45) is 0 Å². The lowest BCUT2D eigenvalue weighted by atomic mass is 10.2. The molecule has 8 heteroatoms. The Kier molecular flexibility index (Phi) is 4.81. The number of aromatic nitrogens is 2. The van der Waals surface area contributed by atoms with E-state index in [1.54, 1.807) is 36.5 Å². The number of benzene rings is 2. The van der Waals surface area contributed by atoms with Gasteiger partial charge in [0.25, 0.3) is 5.56 Å². The zero-order chi connectivity index (χ0) is 20.8. The van der Waals surface area contributed by atoms with Crippen LogP contribution in [0, 0.1) is 5.82 Å². The van der Waals surface area contributed by atoms with Gasteiger partial charge < -0.3 is 4.74 Å². The normalized spacial score (nSPS) is 14.8. The van der Waals surface area contributed by atoms with E-state index in [1.165, 1.54) is 22.0 Å². The van der Waals surface area contributed by atoms with Gasteiger partial charge in [-0.05, 0) is 37.4 Å². The Bertz CT molecular complexity index is 1300. The fourth-order valence-electron chi connectivity index (χ4n) is 3.47. The van der Waals surface area contributed by atoms with Crippen LogP contribution < -0.4 is 10.3 Å². The third-order valence-electron chi connectivity index (χ3n) is 5.06. The molecule has 30 heavy (non-hydrogen) atoms. The van der Waals surface area contributed by atoms with Crippen molar-refractivity contribution in [3.63, 3.8) is 0 Å². The Labute approximate surface area is 180 Å². The number of hydrogen-bond donors (Lipinski definition) is 0. The van der Waals surface area contributed by atoms with Crippen molar-refractivity contribution < 1.29 is 9.13 Å². The van der Waals surface area contributed by atoms with E-state index in [1.807, 2.05) is 19.2 Å². The molecule has 2 aromatic carbocycles. The molecule has 0 radical (unpaired) electrons. The van der Waals surface area contributed by atoms with Crippen molar-refractivity contribution >= 4 is 33.2 Å². The Hall–Kier alpha value is -2.74. The quantitative estimate of drug-likeness (QED) is 0.464. The third kappa shape index (κ3) is 3.49. The summed E-state index contributed by atoms with van der Waals surface area (Å²) >= 11 is 7.26. The summed E-state index contributed by atoms with van der Waals surface area (Å²) in [5.74, 6) is -0.283. The van der Waals surface area contributed by atoms with Crippen LogP contribution in [0.5, 0.6) is 5.75 Å². The van der Waals surface area contributed by atoms with Crippen LogP contribution in [0.2, 0.25) is 5.02 Å². The highest BCUT2D eigenvalue weighted by Crippen LogP contribution is 2.30. The fraction of sp³-hybridized carbons (Fsp3) is 0.182. The molecule has 0 N–H and O–H groups in total. The van der Waals surface area contributed by atoms with E-state index in [4.69, 9.17) is 16.3 Å². The van der Waals surface area contributed by atoms with Gasteiger partial charge in [-0.15, -0.1) is 11.3 Å². The van der Waals surface area contributed by atoms with Crippen LogP contribution in [0.3, 0.4) is 0 Å². The highest BCUT2D eigenvalue weighted by molar-refractivity contribution is 7.21. The van der Waals surface area contributed by atoms with Gasteiger partial charge in [0, 0.05) is 35.9 Å². The van der Waals surface area contributed by atoms with Crippen LogP contribution in [0.1, 0.15) is 0 Å². The van der Waals surface area contributed by atoms with Gasteiger partial charge in [0.1, 0.15) is 15.8 Å². The second kappa shape index (κ2) is 7.50. The Morgan fingerprint density at radius 1 is 1.17 bits per heavy atom. The lowest BCUT2D eigenvalue weighted by Gasteiger charge is -2.36. The smallest absolute Gasteiger partial charge is 0.274 e. The maximum absolute atomic E-state index is 14.6. The Morgan fingerprint density at radius 2 is 1.93 bits per heavy atom. The zero-order valence-electron chi connectivity index (χ0n) is 16.0. The molecule has 1 fully saturated rings. The van der Waals surface area contributed by atoms with Gasteiger partial charge in [-0.3, -0.25) is 14.3 Å². The minimum Gasteiger partial charge on any atom is -0.485 e. The Balaban J connectivity index is 1.48. The molecule has 5 nitrogen and oxygen atoms in total. The molecule has 0 unspecified atom stereocenters. The van der Waals surface area contributed by atoms with Crippen LogP contribution in [0.4, 0.5) is 4.39 Å². The number of rotatable bonds is 4. The van der Waals surface area contributed by atoms with Crippen molar-refractivity contribution in [2.45, 2.75) is 6.10 Å². The van der Waals surface area contributed by atoms with Crippen LogP contribution in [-0.4, -0.2) is 40.7 Å². The summed E-state index contributed by atoms with van der Waals surface area (Å²) < 4.78 is 22.2. The van der Waals surface area contributed by atoms with E-state index < -0.39 is 5.82 Å². The summed E-state index contributed by atoms with van der Waals surface area (Å²) in [6.45, 7) is 1.55. The molecule has 0 spiro atoms. The molecule has 0 amide bonds. The number of likely N-dealkylation sites (N-methyl/N-ethyl adjacent to an activating group) is 1. The molecular formula is C22H17ClFN3O2S. The van der Waals surface area contributed by atoms with E-state index in [2.05, 4.69) is 9.88 Å². The number of thiazole rings is 1. The number of fused-ring (bicyclic) bond motifs is 1. The third-order valence-corrected chi connectivity index (χ3v) is 6.42. The first kappa shape index (κ1) is 19.2. The van der Waals surface area contributed by atoms with Gasteiger partial charge in [0.05, 0.1) is 11.2 Å². The first-order valence-electron chi connectivity index (χ1n) is 9.41. The van der Waals surface area contributed by atoms with Gasteiger partial charge in [0.15, 0.2) is 11.6 Å². The number of ether oxygens (including phenoxy) is 1. The molecule has 3 heterocycles. The standard InChI is InChI=1S/C22H17ClFN3O2S/c1-26-11-16(12-26)29-19-7-6-15(10-17(19)24)27-9-8-18-20(22(27)28)30-21(25-18)13-2-4-14(23)5-3-13/h2-10,16H,11-12H2,1H3. The first-order chi connectivity index (χ1) is 14.5. The maximum Gasteiger partial charge on any atom is 0.274 e. The summed E-state index contributed by atoms with van der Waals surface area (Å²) in [5.41, 5.74) is 1.71. The van der Waals surface area contributed by atoms with E-state index in [9.17, 15) is 9.18 Å². The minimum absolute atomic E-state index is 0.00194. The lowest BCUT2D eigenvalue weighted by molar-refractivity contribution is 0.0361. The molecule has 2 aromatic heterocycles. The second-order valence-corrected chi connectivity index (χ2v) is 8.74. The number of pyridine rings is 1. The van der Waals surface area contributed by atoms with E-state index in [-0.39, 0.29) is 17.4 Å². The highest BCUT2D eigenvalue weighted by atomic mass is 35.5. The van der Waals surface area contributed by atoms with Gasteiger partial charge in [0.2, 0.25) is 0 Å². The van der Waals surface area contributed by atoms with Gasteiger partial charge >= 0.3 is 0 Å². The summed E-state index contributed by atoms with van der Waals surface area (Å²) in [4.78, 5) is 19.7. The summed E-state index contributed by atoms with van der Waals surface area (Å²) in [7, 11) is 1.99. The summed E-state index contributed by atoms with van der Waals surface area (Å²) in [6, 6.07) is 13.7. The summed E-state index contributed by atoms with van der Waals surface area (Å²) in [5, 5.41) is 1.37. The molecule has 0 saturated carbocycles. The van der Waals surface area contributed by atoms with E-state index >= 15 is 0 Å². The molecule has 0 aliphatic carbocycles. The van der Waals surface area contributed by atoms with Gasteiger partial charge in [-0.2, -0.15) is 0 Å². The average Bonchev–Trinajstić information content (AvgIpc) is 3.14. The van der Waals surface area contributed by atoms with Crippen molar-refractivity contribution in [3.8, 4) is 22.0 Å². The van der Waals surface area contributed by atoms with E-state index in [0.29, 0.717) is 20.9 Å². The molecule has 1 saturated heterocycles. The number of hydrogen-bond acceptors (Lipinski definition) is 5. The number of nitrogens with zero attached hydrogens (tertiary/aromatic N) is 3. The van der Waals surface area contributed by atoms with Crippen LogP contribution >= 0.6 is 22.9 Å². The molecule has 0 atom stereocenters. The molecular weight excluding hydrogens is 425 g/mol. The molecule has 5 rings (SSSR count). The van der Waals surface area contributed by atoms with Crippen LogP contribution in [0.25, 0.3) is 26.5 Å². The Morgan fingerprint density at radius 3 is 2.63 bits per heavy atom. The van der Waals surface area contributed by atoms with Gasteiger partial charge in [-0.25, -0.2) is 9.37 Å². The minimum atomic E-state index is -0.486. The SMILES string of the molecule is CN1CC(Oc2ccc(-n3ccc4nc(-c5ccc(Cl)cc5)sc4c3=O)cc2F)C1. The largest absolute Gasteiger partial charge is 0.485 e. The topological polar surface area (TPSA) is 47.4 Å². The average molecular weight is 442 g/mol. The van der Waals surface area contributed by atoms with E-state index in [0.717, 1.165) is 23.7 Å². The van der Waals surface area contributed by atoms with Gasteiger partial charge in [-0.1, -0.05) is 23.7 Å². The lowest BCUT2D eigenvalue weighted by Crippen LogP contribution is -2.51. The second-order valence-electron chi connectivity index (χ2n) is 7.31. The predicted molar refractivity (Wildman–Crippen MR) is 118 cm³/mol. The number of likely N-dealkylation sites (tertiary alicyclic amines) is 1. The molecule has 4 aromatic rings. The molecule has 1 aliphatic rings. The van der Waals surface area contributed by atoms with Crippen molar-refractivity contribution in [1.82, 2.24) is 14.5 Å². The fourth-order valence-corrected chi connectivity index (χ4v) is 4.59. The first-order valence-corrected chi connectivity index (χ1v) is 10.6. The molecule has 1 aliphatic heterocycles. The predicted octanol–water partition coefficient (Wildman–Crippen LogP) is 4.60. The van der Waals surface area contributed by atoms with Crippen LogP contribution in [-0.2, 0) is 0 Å². The van der Waals surface area contributed by atoms with Crippen molar-refractivity contribution in [2.75, 3.05) is 20.1 Å². The summed E-state index contributed by atoms with van der Waals surface area (Å²) in [6.07, 6.45) is 1.62. The van der Waals surface area contributed by atoms with Crippen LogP contribution in [0.15, 0.2) is 59.5 Å². The monoisotopic (exact) mass is 441 g/mol. The molecule has 152 valence electrons. The number of halogens is 2. The van der Waals surface area contributed by atoms with Crippen molar-refractivity contribution in [1.29, 1.82) is 0 Å². The molecule has 0 bridgehead atoms. The van der Waals surface area contributed by atoms with Crippen molar-refractivity contribution in [3.05, 3.63) is 75.9 Å².